The van der Waals surface area contributed by atoms with Gasteiger partial charge in [0.15, 0.2) is 5.82 Å². The molecule has 7 heteroatoms. The van der Waals surface area contributed by atoms with Crippen molar-refractivity contribution in [1.29, 1.82) is 0 Å². The Labute approximate surface area is 189 Å². The zero-order chi connectivity index (χ0) is 21.7. The summed E-state index contributed by atoms with van der Waals surface area (Å²) in [4.78, 5) is 21.4. The van der Waals surface area contributed by atoms with E-state index in [-0.39, 0.29) is 6.04 Å². The lowest BCUT2D eigenvalue weighted by Crippen LogP contribution is -2.44. The molecule has 3 aromatic heterocycles. The highest BCUT2D eigenvalue weighted by molar-refractivity contribution is 7.15. The van der Waals surface area contributed by atoms with E-state index in [1.165, 1.54) is 0 Å². The van der Waals surface area contributed by atoms with E-state index in [9.17, 15) is 0 Å². The number of fused-ring (bicyclic) bond motifs is 2. The maximum absolute atomic E-state index is 5.71. The van der Waals surface area contributed by atoms with Crippen molar-refractivity contribution in [3.8, 4) is 21.8 Å². The number of thiazole rings is 1. The van der Waals surface area contributed by atoms with Gasteiger partial charge in [-0.15, -0.1) is 11.3 Å². The first-order chi connectivity index (χ1) is 15.7. The monoisotopic (exact) mass is 441 g/mol. The molecule has 2 aromatic carbocycles. The van der Waals surface area contributed by atoms with Crippen LogP contribution in [0.2, 0.25) is 0 Å². The van der Waals surface area contributed by atoms with Gasteiger partial charge in [0.1, 0.15) is 5.82 Å². The molecule has 1 aliphatic heterocycles. The molecule has 32 heavy (non-hydrogen) atoms. The van der Waals surface area contributed by atoms with Gasteiger partial charge in [-0.05, 0) is 43.7 Å². The summed E-state index contributed by atoms with van der Waals surface area (Å²) >= 11 is 1.70. The van der Waals surface area contributed by atoms with Crippen LogP contribution < -0.4 is 4.90 Å². The van der Waals surface area contributed by atoms with E-state index in [0.717, 1.165) is 61.0 Å². The molecule has 1 saturated heterocycles. The van der Waals surface area contributed by atoms with Crippen LogP contribution in [0.1, 0.15) is 11.9 Å². The van der Waals surface area contributed by atoms with Crippen molar-refractivity contribution in [3.05, 3.63) is 59.9 Å². The van der Waals surface area contributed by atoms with Crippen LogP contribution in [0.25, 0.3) is 43.6 Å². The topological polar surface area (TPSA) is 66.9 Å². The third kappa shape index (κ3) is 3.25. The number of benzene rings is 2. The molecule has 0 unspecified atom stereocenters. The third-order valence-corrected chi connectivity index (χ3v) is 7.02. The number of rotatable bonds is 3. The summed E-state index contributed by atoms with van der Waals surface area (Å²) in [5, 5.41) is 3.25. The van der Waals surface area contributed by atoms with Crippen LogP contribution in [0.15, 0.2) is 54.9 Å². The van der Waals surface area contributed by atoms with Crippen molar-refractivity contribution >= 4 is 39.0 Å². The van der Waals surface area contributed by atoms with Gasteiger partial charge in [0.2, 0.25) is 0 Å². The van der Waals surface area contributed by atoms with E-state index >= 15 is 0 Å². The molecule has 1 atom stereocenters. The highest BCUT2D eigenvalue weighted by Gasteiger charge is 2.24. The molecule has 0 bridgehead atoms. The number of aryl methyl sites for hydroxylation is 1. The molecule has 1 fully saturated rings. The molecule has 0 saturated carbocycles. The van der Waals surface area contributed by atoms with Crippen LogP contribution in [0, 0.1) is 6.92 Å². The first-order valence-electron chi connectivity index (χ1n) is 10.8. The number of hydrogen-bond donors (Lipinski definition) is 1. The van der Waals surface area contributed by atoms with Crippen LogP contribution in [0.5, 0.6) is 0 Å². The first kappa shape index (κ1) is 19.4. The highest BCUT2D eigenvalue weighted by Crippen LogP contribution is 2.35. The number of hydrogen-bond acceptors (Lipinski definition) is 6. The van der Waals surface area contributed by atoms with Gasteiger partial charge in [0.05, 0.1) is 34.7 Å². The van der Waals surface area contributed by atoms with E-state index < -0.39 is 0 Å². The van der Waals surface area contributed by atoms with Crippen LogP contribution >= 0.6 is 11.3 Å². The maximum atomic E-state index is 5.71. The fraction of sp³-hybridized carbons (Fsp3) is 0.240. The Bertz CT molecular complexity index is 1440. The predicted molar refractivity (Wildman–Crippen MR) is 130 cm³/mol. The standard InChI is InChI=1S/C25H23N5OS/c1-15-14-31-11-10-30(15)25-20-12-17(23-13-27-16(2)32-23)6-7-22(20)28-24(29-25)19-4-3-5-21-18(19)8-9-26-21/h3-9,12-13,15,26H,10-11,14H2,1-2H3/t15-/m1/s1. The molecule has 160 valence electrons. The van der Waals surface area contributed by atoms with E-state index in [4.69, 9.17) is 14.7 Å². The normalized spacial score (nSPS) is 16.8. The van der Waals surface area contributed by atoms with Gasteiger partial charge >= 0.3 is 0 Å². The predicted octanol–water partition coefficient (Wildman–Crippen LogP) is 5.44. The second-order valence-corrected chi connectivity index (χ2v) is 9.44. The lowest BCUT2D eigenvalue weighted by molar-refractivity contribution is 0.0987. The van der Waals surface area contributed by atoms with Crippen molar-refractivity contribution in [2.24, 2.45) is 0 Å². The van der Waals surface area contributed by atoms with Crippen molar-refractivity contribution in [2.75, 3.05) is 24.7 Å². The van der Waals surface area contributed by atoms with E-state index in [0.29, 0.717) is 13.2 Å². The Morgan fingerprint density at radius 3 is 2.91 bits per heavy atom. The van der Waals surface area contributed by atoms with Crippen molar-refractivity contribution in [1.82, 2.24) is 19.9 Å². The smallest absolute Gasteiger partial charge is 0.162 e. The van der Waals surface area contributed by atoms with Gasteiger partial charge in [0, 0.05) is 40.8 Å². The second-order valence-electron chi connectivity index (χ2n) is 8.21. The van der Waals surface area contributed by atoms with Gasteiger partial charge < -0.3 is 14.6 Å². The van der Waals surface area contributed by atoms with Crippen LogP contribution in [0.3, 0.4) is 0 Å². The summed E-state index contributed by atoms with van der Waals surface area (Å²) in [6.07, 6.45) is 3.91. The molecule has 0 amide bonds. The Morgan fingerprint density at radius 1 is 1.12 bits per heavy atom. The summed E-state index contributed by atoms with van der Waals surface area (Å²) < 4.78 is 5.71. The van der Waals surface area contributed by atoms with Crippen LogP contribution in [0.4, 0.5) is 5.82 Å². The Hall–Kier alpha value is -3.29. The van der Waals surface area contributed by atoms with Crippen molar-refractivity contribution in [2.45, 2.75) is 19.9 Å². The molecular formula is C25H23N5OS. The second kappa shape index (κ2) is 7.69. The average Bonchev–Trinajstić information content (AvgIpc) is 3.47. The van der Waals surface area contributed by atoms with Gasteiger partial charge in [-0.1, -0.05) is 18.2 Å². The number of morpholine rings is 1. The minimum absolute atomic E-state index is 0.243. The molecule has 1 aliphatic rings. The summed E-state index contributed by atoms with van der Waals surface area (Å²) in [7, 11) is 0. The largest absolute Gasteiger partial charge is 0.377 e. The van der Waals surface area contributed by atoms with Gasteiger partial charge in [-0.2, -0.15) is 0 Å². The fourth-order valence-electron chi connectivity index (χ4n) is 4.42. The molecule has 6 nitrogen and oxygen atoms in total. The van der Waals surface area contributed by atoms with Crippen molar-refractivity contribution in [3.63, 3.8) is 0 Å². The number of nitrogens with zero attached hydrogens (tertiary/aromatic N) is 4. The Morgan fingerprint density at radius 2 is 2.06 bits per heavy atom. The molecule has 6 rings (SSSR count). The molecular weight excluding hydrogens is 418 g/mol. The Kier molecular flexibility index (Phi) is 4.66. The van der Waals surface area contributed by atoms with Crippen LogP contribution in [-0.2, 0) is 4.74 Å². The molecule has 5 aromatic rings. The number of ether oxygens (including phenoxy) is 1. The minimum Gasteiger partial charge on any atom is -0.377 e. The van der Waals surface area contributed by atoms with Crippen LogP contribution in [-0.4, -0.2) is 45.7 Å². The number of nitrogens with one attached hydrogen (secondary N) is 1. The van der Waals surface area contributed by atoms with Crippen molar-refractivity contribution < 1.29 is 4.74 Å². The molecule has 0 spiro atoms. The fourth-order valence-corrected chi connectivity index (χ4v) is 5.20. The SMILES string of the molecule is Cc1ncc(-c2ccc3nc(-c4cccc5[nH]ccc45)nc(N4CCOC[C@H]4C)c3c2)s1. The molecule has 0 aliphatic carbocycles. The summed E-state index contributed by atoms with van der Waals surface area (Å²) in [5.41, 5.74) is 4.22. The number of H-pyrrole nitrogens is 1. The third-order valence-electron chi connectivity index (χ3n) is 6.06. The summed E-state index contributed by atoms with van der Waals surface area (Å²) in [6, 6.07) is 15.0. The lowest BCUT2D eigenvalue weighted by atomic mass is 10.1. The zero-order valence-electron chi connectivity index (χ0n) is 18.0. The minimum atomic E-state index is 0.243. The summed E-state index contributed by atoms with van der Waals surface area (Å²) in [5.74, 6) is 1.72. The van der Waals surface area contributed by atoms with E-state index in [1.54, 1.807) is 11.3 Å². The van der Waals surface area contributed by atoms with Gasteiger partial charge in [0.25, 0.3) is 0 Å². The molecule has 1 N–H and O–H groups in total. The number of aromatic amines is 1. The average molecular weight is 442 g/mol. The zero-order valence-corrected chi connectivity index (χ0v) is 18.8. The number of aromatic nitrogens is 4. The molecule has 4 heterocycles. The summed E-state index contributed by atoms with van der Waals surface area (Å²) in [6.45, 7) is 6.43. The number of anilines is 1. The quantitative estimate of drug-likeness (QED) is 0.404. The lowest BCUT2D eigenvalue weighted by Gasteiger charge is -2.35. The van der Waals surface area contributed by atoms with Gasteiger partial charge in [-0.3, -0.25) is 0 Å². The van der Waals surface area contributed by atoms with E-state index in [1.807, 2.05) is 25.4 Å². The first-order valence-corrected chi connectivity index (χ1v) is 11.6. The molecule has 0 radical (unpaired) electrons. The van der Waals surface area contributed by atoms with E-state index in [2.05, 4.69) is 58.2 Å². The maximum Gasteiger partial charge on any atom is 0.162 e. The van der Waals surface area contributed by atoms with Gasteiger partial charge in [-0.25, -0.2) is 15.0 Å². The Balaban J connectivity index is 1.59. The highest BCUT2D eigenvalue weighted by atomic mass is 32.1.